The average molecular weight is 667 g/mol. The normalized spacial score (nSPS) is 14.5. The van der Waals surface area contributed by atoms with Crippen molar-refractivity contribution < 1.29 is 0 Å². The average Bonchev–Trinajstić information content (AvgIpc) is 3.56. The standard InChI is InChI=1S/C50H38N2/c1-49(2)41-21-13-11-19-37(41)39-29-33(23-27-43(39)49)35-25-26-36(34-24-28-44-40(30-34)38-20-12-14-22-42(38)50(44,3)4)48-47(35)51-45(31-15-7-5-8-16-31)46(52-48)32-17-9-6-10-18-32/h5-30H,1-4H3. The van der Waals surface area contributed by atoms with Crippen molar-refractivity contribution in [3.63, 3.8) is 0 Å². The van der Waals surface area contributed by atoms with Gasteiger partial charge in [-0.3, -0.25) is 0 Å². The molecule has 52 heavy (non-hydrogen) atoms. The van der Waals surface area contributed by atoms with Crippen LogP contribution in [0.15, 0.2) is 158 Å². The molecule has 10 rings (SSSR count). The second-order valence-corrected chi connectivity index (χ2v) is 15.4. The van der Waals surface area contributed by atoms with Crippen molar-refractivity contribution in [1.82, 2.24) is 9.97 Å². The lowest BCUT2D eigenvalue weighted by molar-refractivity contribution is 0.660. The number of nitrogens with zero attached hydrogens (tertiary/aromatic N) is 2. The molecule has 248 valence electrons. The molecule has 8 aromatic rings. The van der Waals surface area contributed by atoms with Crippen molar-refractivity contribution in [3.8, 4) is 67.0 Å². The van der Waals surface area contributed by atoms with E-state index in [2.05, 4.69) is 185 Å². The van der Waals surface area contributed by atoms with Crippen LogP contribution in [0.1, 0.15) is 49.9 Å². The van der Waals surface area contributed by atoms with Crippen molar-refractivity contribution in [2.75, 3.05) is 0 Å². The van der Waals surface area contributed by atoms with E-state index in [-0.39, 0.29) is 10.8 Å². The molecule has 0 fully saturated rings. The molecule has 0 saturated heterocycles. The van der Waals surface area contributed by atoms with Crippen LogP contribution in [-0.4, -0.2) is 9.97 Å². The first-order chi connectivity index (χ1) is 25.3. The van der Waals surface area contributed by atoms with Crippen LogP contribution in [0.5, 0.6) is 0 Å². The van der Waals surface area contributed by atoms with Gasteiger partial charge in [0, 0.05) is 33.1 Å². The molecule has 2 aliphatic rings. The molecule has 2 nitrogen and oxygen atoms in total. The predicted molar refractivity (Wildman–Crippen MR) is 216 cm³/mol. The highest BCUT2D eigenvalue weighted by molar-refractivity contribution is 6.04. The zero-order chi connectivity index (χ0) is 35.2. The lowest BCUT2D eigenvalue weighted by atomic mass is 9.82. The summed E-state index contributed by atoms with van der Waals surface area (Å²) >= 11 is 0. The van der Waals surface area contributed by atoms with Gasteiger partial charge in [-0.2, -0.15) is 0 Å². The first-order valence-corrected chi connectivity index (χ1v) is 18.3. The van der Waals surface area contributed by atoms with Gasteiger partial charge in [-0.25, -0.2) is 9.97 Å². The maximum Gasteiger partial charge on any atom is 0.0979 e. The molecule has 0 spiro atoms. The number of benzene rings is 7. The lowest BCUT2D eigenvalue weighted by Gasteiger charge is -2.22. The van der Waals surface area contributed by atoms with Crippen molar-refractivity contribution in [3.05, 3.63) is 180 Å². The summed E-state index contributed by atoms with van der Waals surface area (Å²) in [4.78, 5) is 11.2. The summed E-state index contributed by atoms with van der Waals surface area (Å²) in [6.45, 7) is 9.33. The fourth-order valence-electron chi connectivity index (χ4n) is 8.97. The van der Waals surface area contributed by atoms with Gasteiger partial charge in [-0.1, -0.05) is 173 Å². The van der Waals surface area contributed by atoms with Crippen LogP contribution in [0.2, 0.25) is 0 Å². The molecule has 1 aromatic heterocycles. The Morgan fingerprint density at radius 2 is 0.673 bits per heavy atom. The van der Waals surface area contributed by atoms with E-state index in [1.54, 1.807) is 0 Å². The van der Waals surface area contributed by atoms with Gasteiger partial charge < -0.3 is 0 Å². The van der Waals surface area contributed by atoms with Crippen LogP contribution in [0, 0.1) is 0 Å². The van der Waals surface area contributed by atoms with Crippen molar-refractivity contribution in [2.45, 2.75) is 38.5 Å². The Hall–Kier alpha value is -6.12. The molecule has 0 amide bonds. The first kappa shape index (κ1) is 30.7. The van der Waals surface area contributed by atoms with Gasteiger partial charge in [0.15, 0.2) is 0 Å². The van der Waals surface area contributed by atoms with E-state index in [4.69, 9.17) is 9.97 Å². The monoisotopic (exact) mass is 666 g/mol. The van der Waals surface area contributed by atoms with Crippen LogP contribution in [0.25, 0.3) is 78.1 Å². The number of aromatic nitrogens is 2. The van der Waals surface area contributed by atoms with Crippen molar-refractivity contribution >= 4 is 11.0 Å². The van der Waals surface area contributed by atoms with Gasteiger partial charge in [0.25, 0.3) is 0 Å². The second-order valence-electron chi connectivity index (χ2n) is 15.4. The summed E-state index contributed by atoms with van der Waals surface area (Å²) in [5, 5.41) is 0. The van der Waals surface area contributed by atoms with Crippen LogP contribution in [-0.2, 0) is 10.8 Å². The van der Waals surface area contributed by atoms with Crippen LogP contribution < -0.4 is 0 Å². The Balaban J connectivity index is 1.26. The van der Waals surface area contributed by atoms with Gasteiger partial charge in [0.1, 0.15) is 0 Å². The summed E-state index contributed by atoms with van der Waals surface area (Å²) in [6, 6.07) is 57.2. The Morgan fingerprint density at radius 3 is 1.10 bits per heavy atom. The maximum atomic E-state index is 5.62. The number of fused-ring (bicyclic) bond motifs is 7. The fraction of sp³-hybridized carbons (Fsp3) is 0.120. The van der Waals surface area contributed by atoms with E-state index in [9.17, 15) is 0 Å². The number of hydrogen-bond donors (Lipinski definition) is 0. The summed E-state index contributed by atoms with van der Waals surface area (Å²) in [7, 11) is 0. The zero-order valence-corrected chi connectivity index (χ0v) is 29.9. The van der Waals surface area contributed by atoms with Crippen LogP contribution in [0.4, 0.5) is 0 Å². The molecule has 0 bridgehead atoms. The summed E-state index contributed by atoms with van der Waals surface area (Å²) in [5.41, 5.74) is 20.7. The third-order valence-corrected chi connectivity index (χ3v) is 11.7. The van der Waals surface area contributed by atoms with E-state index in [0.29, 0.717) is 0 Å². The van der Waals surface area contributed by atoms with E-state index >= 15 is 0 Å². The van der Waals surface area contributed by atoms with Gasteiger partial charge in [-0.15, -0.1) is 0 Å². The van der Waals surface area contributed by atoms with Crippen LogP contribution in [0.3, 0.4) is 0 Å². The van der Waals surface area contributed by atoms with Crippen LogP contribution >= 0.6 is 0 Å². The SMILES string of the molecule is CC1(C)c2ccccc2-c2cc(-c3ccc(-c4ccc5c(c4)-c4ccccc4C5(C)C)c4nc(-c5ccccc5)c(-c5ccccc5)nc34)ccc21. The molecule has 2 aliphatic carbocycles. The predicted octanol–water partition coefficient (Wildman–Crippen LogP) is 12.9. The summed E-state index contributed by atoms with van der Waals surface area (Å²) in [6.07, 6.45) is 0. The highest BCUT2D eigenvalue weighted by Gasteiger charge is 2.36. The lowest BCUT2D eigenvalue weighted by Crippen LogP contribution is -2.14. The smallest absolute Gasteiger partial charge is 0.0979 e. The molecule has 0 radical (unpaired) electrons. The largest absolute Gasteiger partial charge is 0.243 e. The Kier molecular flexibility index (Phi) is 6.60. The van der Waals surface area contributed by atoms with Crippen molar-refractivity contribution in [2.24, 2.45) is 0 Å². The minimum absolute atomic E-state index is 0.0536. The third-order valence-electron chi connectivity index (χ3n) is 11.7. The van der Waals surface area contributed by atoms with E-state index < -0.39 is 0 Å². The Labute approximate surface area is 305 Å². The molecule has 0 saturated carbocycles. The maximum absolute atomic E-state index is 5.62. The topological polar surface area (TPSA) is 25.8 Å². The van der Waals surface area contributed by atoms with Gasteiger partial charge in [-0.05, 0) is 67.8 Å². The zero-order valence-electron chi connectivity index (χ0n) is 29.9. The minimum atomic E-state index is -0.0536. The van der Waals surface area contributed by atoms with E-state index in [1.807, 2.05) is 0 Å². The first-order valence-electron chi connectivity index (χ1n) is 18.3. The highest BCUT2D eigenvalue weighted by Crippen LogP contribution is 2.52. The van der Waals surface area contributed by atoms with E-state index in [1.165, 1.54) is 44.5 Å². The quantitative estimate of drug-likeness (QED) is 0.187. The molecule has 7 aromatic carbocycles. The Bertz CT molecular complexity index is 2530. The van der Waals surface area contributed by atoms with Gasteiger partial charge in [0.2, 0.25) is 0 Å². The molecule has 0 N–H and O–H groups in total. The fourth-order valence-corrected chi connectivity index (χ4v) is 8.97. The molecular formula is C50H38N2. The molecule has 0 unspecified atom stereocenters. The van der Waals surface area contributed by atoms with Crippen molar-refractivity contribution in [1.29, 1.82) is 0 Å². The van der Waals surface area contributed by atoms with Gasteiger partial charge >= 0.3 is 0 Å². The second kappa shape index (κ2) is 11.2. The Morgan fingerprint density at radius 1 is 0.308 bits per heavy atom. The molecule has 0 aliphatic heterocycles. The minimum Gasteiger partial charge on any atom is -0.243 e. The highest BCUT2D eigenvalue weighted by atomic mass is 14.8. The molecule has 2 heteroatoms. The molecule has 0 atom stereocenters. The molecule has 1 heterocycles. The van der Waals surface area contributed by atoms with E-state index in [0.717, 1.165) is 55.8 Å². The third kappa shape index (κ3) is 4.43. The molecular weight excluding hydrogens is 629 g/mol. The summed E-state index contributed by atoms with van der Waals surface area (Å²) < 4.78 is 0. The number of rotatable bonds is 4. The number of hydrogen-bond acceptors (Lipinski definition) is 2. The van der Waals surface area contributed by atoms with Gasteiger partial charge in [0.05, 0.1) is 22.4 Å². The summed E-state index contributed by atoms with van der Waals surface area (Å²) in [5.74, 6) is 0.